The largest absolute Gasteiger partial charge is 0.411 e. The average molecular weight is 248 g/mol. The number of hydrogen-bond donors (Lipinski definition) is 0. The van der Waals surface area contributed by atoms with Crippen molar-refractivity contribution in [3.8, 4) is 11.5 Å². The average Bonchev–Trinajstić information content (AvgIpc) is 2.78. The molecule has 1 aromatic heterocycles. The van der Waals surface area contributed by atoms with Gasteiger partial charge in [-0.05, 0) is 24.3 Å². The van der Waals surface area contributed by atoms with E-state index in [0.717, 1.165) is 0 Å². The molecule has 0 aliphatic carbocycles. The highest BCUT2D eigenvalue weighted by molar-refractivity contribution is 7.99. The predicted octanol–water partition coefficient (Wildman–Crippen LogP) is 3.31. The van der Waals surface area contributed by atoms with Gasteiger partial charge in [-0.2, -0.15) is 0 Å². The fraction of sp³-hybridized carbons (Fsp3) is 0.0833. The maximum Gasteiger partial charge on any atom is 0.277 e. The van der Waals surface area contributed by atoms with Crippen molar-refractivity contribution in [3.63, 3.8) is 0 Å². The van der Waals surface area contributed by atoms with Gasteiger partial charge in [-0.15, -0.1) is 15.9 Å². The van der Waals surface area contributed by atoms with Gasteiger partial charge in [-0.1, -0.05) is 24.4 Å². The van der Waals surface area contributed by atoms with E-state index < -0.39 is 0 Å². The van der Waals surface area contributed by atoms with E-state index in [2.05, 4.69) is 22.5 Å². The molecule has 5 heteroatoms. The standard InChI is InChI=1S/C12H9FN2OS/c1-2-3-7-17-12-15-14-11(16-12)9-5-4-6-10(13)8-9/h3-6,8H,1,7H2. The maximum atomic E-state index is 13.0. The highest BCUT2D eigenvalue weighted by Crippen LogP contribution is 2.23. The smallest absolute Gasteiger partial charge is 0.277 e. The lowest BCUT2D eigenvalue weighted by atomic mass is 10.2. The second kappa shape index (κ2) is 5.48. The number of nitrogens with zero attached hydrogens (tertiary/aromatic N) is 2. The minimum Gasteiger partial charge on any atom is -0.411 e. The lowest BCUT2D eigenvalue weighted by Crippen LogP contribution is -1.79. The molecule has 2 rings (SSSR count). The molecule has 0 amide bonds. The van der Waals surface area contributed by atoms with Gasteiger partial charge in [-0.3, -0.25) is 0 Å². The summed E-state index contributed by atoms with van der Waals surface area (Å²) in [5, 5.41) is 8.14. The molecule has 2 aromatic rings. The molecule has 0 saturated heterocycles. The summed E-state index contributed by atoms with van der Waals surface area (Å²) in [7, 11) is 0. The van der Waals surface area contributed by atoms with Gasteiger partial charge in [0.25, 0.3) is 5.22 Å². The van der Waals surface area contributed by atoms with Gasteiger partial charge in [0.15, 0.2) is 0 Å². The van der Waals surface area contributed by atoms with Crippen LogP contribution in [0.3, 0.4) is 0 Å². The van der Waals surface area contributed by atoms with Gasteiger partial charge in [0.1, 0.15) is 5.82 Å². The van der Waals surface area contributed by atoms with Crippen molar-refractivity contribution >= 4 is 11.8 Å². The van der Waals surface area contributed by atoms with Crippen molar-refractivity contribution in [1.82, 2.24) is 10.2 Å². The van der Waals surface area contributed by atoms with E-state index >= 15 is 0 Å². The van der Waals surface area contributed by atoms with Crippen LogP contribution >= 0.6 is 11.8 Å². The Bertz CT molecular complexity index is 561. The van der Waals surface area contributed by atoms with Crippen molar-refractivity contribution < 1.29 is 8.81 Å². The van der Waals surface area contributed by atoms with E-state index in [1.807, 2.05) is 0 Å². The quantitative estimate of drug-likeness (QED) is 0.614. The Morgan fingerprint density at radius 3 is 3.12 bits per heavy atom. The Balaban J connectivity index is 2.15. The Morgan fingerprint density at radius 1 is 1.47 bits per heavy atom. The molecule has 0 aliphatic heterocycles. The van der Waals surface area contributed by atoms with E-state index in [9.17, 15) is 4.39 Å². The van der Waals surface area contributed by atoms with Crippen LogP contribution < -0.4 is 0 Å². The molecule has 86 valence electrons. The van der Waals surface area contributed by atoms with Crippen molar-refractivity contribution in [2.24, 2.45) is 0 Å². The molecule has 0 aliphatic rings. The molecule has 0 atom stereocenters. The summed E-state index contributed by atoms with van der Waals surface area (Å²) in [6.45, 7) is 3.45. The van der Waals surface area contributed by atoms with Crippen molar-refractivity contribution in [3.05, 3.63) is 48.5 Å². The van der Waals surface area contributed by atoms with E-state index in [0.29, 0.717) is 22.4 Å². The third-order valence-corrected chi connectivity index (χ3v) is 2.66. The summed E-state index contributed by atoms with van der Waals surface area (Å²) < 4.78 is 18.4. The first kappa shape index (κ1) is 11.6. The Labute approximate surface area is 102 Å². The highest BCUT2D eigenvalue weighted by atomic mass is 32.2. The highest BCUT2D eigenvalue weighted by Gasteiger charge is 2.08. The van der Waals surface area contributed by atoms with Crippen molar-refractivity contribution in [2.75, 3.05) is 5.75 Å². The Morgan fingerprint density at radius 2 is 2.35 bits per heavy atom. The van der Waals surface area contributed by atoms with E-state index in [4.69, 9.17) is 4.42 Å². The molecule has 0 unspecified atom stereocenters. The van der Waals surface area contributed by atoms with Gasteiger partial charge in [0.05, 0.1) is 0 Å². The van der Waals surface area contributed by atoms with Crippen LogP contribution in [-0.2, 0) is 0 Å². The van der Waals surface area contributed by atoms with Crippen LogP contribution in [-0.4, -0.2) is 16.0 Å². The first-order valence-corrected chi connectivity index (χ1v) is 5.84. The lowest BCUT2D eigenvalue weighted by Gasteiger charge is -1.93. The van der Waals surface area contributed by atoms with Gasteiger partial charge >= 0.3 is 0 Å². The van der Waals surface area contributed by atoms with Gasteiger partial charge in [0.2, 0.25) is 5.89 Å². The number of rotatable bonds is 4. The molecule has 0 fully saturated rings. The summed E-state index contributed by atoms with van der Waals surface area (Å²) in [6.07, 6.45) is 1.76. The van der Waals surface area contributed by atoms with E-state index in [1.165, 1.54) is 23.9 Å². The number of benzene rings is 1. The van der Waals surface area contributed by atoms with Crippen LogP contribution in [0.1, 0.15) is 0 Å². The SMILES string of the molecule is C=C=CCSc1nnc(-c2cccc(F)c2)o1. The summed E-state index contributed by atoms with van der Waals surface area (Å²) in [6, 6.07) is 6.03. The normalized spacial score (nSPS) is 9.94. The number of halogens is 1. The molecule has 1 heterocycles. The van der Waals surface area contributed by atoms with Gasteiger partial charge < -0.3 is 4.42 Å². The van der Waals surface area contributed by atoms with E-state index in [-0.39, 0.29) is 5.82 Å². The molecular weight excluding hydrogens is 239 g/mol. The second-order valence-electron chi connectivity index (χ2n) is 3.10. The summed E-state index contributed by atoms with van der Waals surface area (Å²) >= 11 is 1.37. The third-order valence-electron chi connectivity index (χ3n) is 1.91. The molecule has 17 heavy (non-hydrogen) atoms. The van der Waals surface area contributed by atoms with Crippen LogP contribution in [0.15, 0.2) is 52.3 Å². The fourth-order valence-corrected chi connectivity index (χ4v) is 1.76. The van der Waals surface area contributed by atoms with Crippen LogP contribution in [0.4, 0.5) is 4.39 Å². The zero-order chi connectivity index (χ0) is 12.1. The molecule has 0 bridgehead atoms. The molecule has 0 N–H and O–H groups in total. The third kappa shape index (κ3) is 3.06. The Kier molecular flexibility index (Phi) is 3.75. The van der Waals surface area contributed by atoms with Crippen LogP contribution in [0.2, 0.25) is 0 Å². The minimum absolute atomic E-state index is 0.314. The summed E-state index contributed by atoms with van der Waals surface area (Å²) in [4.78, 5) is 0. The number of aromatic nitrogens is 2. The monoisotopic (exact) mass is 248 g/mol. The second-order valence-corrected chi connectivity index (χ2v) is 4.07. The molecular formula is C12H9FN2OS. The maximum absolute atomic E-state index is 13.0. The van der Waals surface area contributed by atoms with Crippen molar-refractivity contribution in [1.29, 1.82) is 0 Å². The number of hydrogen-bond acceptors (Lipinski definition) is 4. The minimum atomic E-state index is -0.329. The number of thioether (sulfide) groups is 1. The Hall–Kier alpha value is -1.84. The zero-order valence-corrected chi connectivity index (χ0v) is 9.71. The topological polar surface area (TPSA) is 38.9 Å². The molecule has 0 saturated carbocycles. The lowest BCUT2D eigenvalue weighted by molar-refractivity contribution is 0.466. The first-order chi connectivity index (χ1) is 8.29. The van der Waals surface area contributed by atoms with Crippen LogP contribution in [0.25, 0.3) is 11.5 Å². The van der Waals surface area contributed by atoms with Crippen molar-refractivity contribution in [2.45, 2.75) is 5.22 Å². The summed E-state index contributed by atoms with van der Waals surface area (Å²) in [5.74, 6) is 0.646. The van der Waals surface area contributed by atoms with Gasteiger partial charge in [0, 0.05) is 11.3 Å². The molecule has 0 spiro atoms. The fourth-order valence-electron chi connectivity index (χ4n) is 1.18. The first-order valence-electron chi connectivity index (χ1n) is 4.86. The van der Waals surface area contributed by atoms with Gasteiger partial charge in [-0.25, -0.2) is 4.39 Å². The summed E-state index contributed by atoms with van der Waals surface area (Å²) in [5.41, 5.74) is 3.22. The molecule has 3 nitrogen and oxygen atoms in total. The van der Waals surface area contributed by atoms with Crippen LogP contribution in [0.5, 0.6) is 0 Å². The zero-order valence-electron chi connectivity index (χ0n) is 8.89. The van der Waals surface area contributed by atoms with E-state index in [1.54, 1.807) is 18.2 Å². The van der Waals surface area contributed by atoms with Crippen LogP contribution in [0, 0.1) is 5.82 Å². The molecule has 0 radical (unpaired) electrons. The molecule has 1 aromatic carbocycles. The predicted molar refractivity (Wildman–Crippen MR) is 64.1 cm³/mol.